The lowest BCUT2D eigenvalue weighted by atomic mass is 10.2. The molecule has 0 fully saturated rings. The van der Waals surface area contributed by atoms with Gasteiger partial charge in [-0.3, -0.25) is 4.98 Å². The maximum Gasteiger partial charge on any atom is 0.141 e. The van der Waals surface area contributed by atoms with E-state index in [0.717, 1.165) is 11.4 Å². The van der Waals surface area contributed by atoms with Crippen LogP contribution in [0.5, 0.6) is 5.75 Å². The molecule has 1 rings (SSSR count). The van der Waals surface area contributed by atoms with Gasteiger partial charge < -0.3 is 9.84 Å². The fraction of sp³-hybridized carbons (Fsp3) is 0.500. The Morgan fingerprint density at radius 1 is 1.46 bits per heavy atom. The van der Waals surface area contributed by atoms with E-state index in [1.54, 1.807) is 13.1 Å². The van der Waals surface area contributed by atoms with Crippen LogP contribution in [0.25, 0.3) is 0 Å². The molecule has 0 aromatic carbocycles. The van der Waals surface area contributed by atoms with Crippen LogP contribution >= 0.6 is 0 Å². The average molecular weight is 181 g/mol. The third kappa shape index (κ3) is 2.70. The lowest BCUT2D eigenvalue weighted by Gasteiger charge is -2.17. The first-order valence-corrected chi connectivity index (χ1v) is 4.37. The standard InChI is InChI=1S/C10H15NO2/c1-7-10(5-4-6-11-7)13-9(3)8(2)12/h4-6,8-9,12H,1-3H3. The SMILES string of the molecule is Cc1ncccc1OC(C)C(C)O. The first-order chi connectivity index (χ1) is 6.11. The molecule has 72 valence electrons. The molecule has 1 aromatic rings. The Hall–Kier alpha value is -1.09. The molecule has 1 aromatic heterocycles. The van der Waals surface area contributed by atoms with E-state index in [2.05, 4.69) is 4.98 Å². The molecule has 2 atom stereocenters. The van der Waals surface area contributed by atoms with Crippen molar-refractivity contribution in [1.29, 1.82) is 0 Å². The van der Waals surface area contributed by atoms with Crippen molar-refractivity contribution >= 4 is 0 Å². The molecule has 13 heavy (non-hydrogen) atoms. The third-order valence-corrected chi connectivity index (χ3v) is 1.95. The first kappa shape index (κ1) is 9.99. The summed E-state index contributed by atoms with van der Waals surface area (Å²) in [6.07, 6.45) is 1.04. The maximum absolute atomic E-state index is 9.23. The number of ether oxygens (including phenoxy) is 1. The molecule has 0 amide bonds. The summed E-state index contributed by atoms with van der Waals surface area (Å²) in [6.45, 7) is 5.41. The minimum Gasteiger partial charge on any atom is -0.486 e. The smallest absolute Gasteiger partial charge is 0.141 e. The highest BCUT2D eigenvalue weighted by molar-refractivity contribution is 5.25. The predicted octanol–water partition coefficient (Wildman–Crippen LogP) is 1.54. The second kappa shape index (κ2) is 4.23. The van der Waals surface area contributed by atoms with E-state index in [1.807, 2.05) is 26.0 Å². The molecule has 0 saturated heterocycles. The van der Waals surface area contributed by atoms with E-state index >= 15 is 0 Å². The van der Waals surface area contributed by atoms with E-state index in [0.29, 0.717) is 0 Å². The summed E-state index contributed by atoms with van der Waals surface area (Å²) in [6, 6.07) is 3.66. The van der Waals surface area contributed by atoms with Gasteiger partial charge in [-0.1, -0.05) is 0 Å². The molecule has 1 N–H and O–H groups in total. The maximum atomic E-state index is 9.23. The van der Waals surface area contributed by atoms with Crippen molar-refractivity contribution < 1.29 is 9.84 Å². The number of aryl methyl sites for hydroxylation is 1. The first-order valence-electron chi connectivity index (χ1n) is 4.37. The highest BCUT2D eigenvalue weighted by atomic mass is 16.5. The number of pyridine rings is 1. The van der Waals surface area contributed by atoms with Crippen molar-refractivity contribution in [2.75, 3.05) is 0 Å². The van der Waals surface area contributed by atoms with Gasteiger partial charge in [0, 0.05) is 6.20 Å². The number of aliphatic hydroxyl groups is 1. The summed E-state index contributed by atoms with van der Waals surface area (Å²) in [5.74, 6) is 0.732. The third-order valence-electron chi connectivity index (χ3n) is 1.95. The molecule has 3 heteroatoms. The second-order valence-corrected chi connectivity index (χ2v) is 3.15. The number of aliphatic hydroxyl groups excluding tert-OH is 1. The van der Waals surface area contributed by atoms with Gasteiger partial charge in [-0.2, -0.15) is 0 Å². The predicted molar refractivity (Wildman–Crippen MR) is 50.7 cm³/mol. The number of rotatable bonds is 3. The van der Waals surface area contributed by atoms with Crippen molar-refractivity contribution in [3.8, 4) is 5.75 Å². The van der Waals surface area contributed by atoms with Crippen LogP contribution in [-0.2, 0) is 0 Å². The van der Waals surface area contributed by atoms with Gasteiger partial charge >= 0.3 is 0 Å². The lowest BCUT2D eigenvalue weighted by molar-refractivity contribution is 0.0597. The van der Waals surface area contributed by atoms with Crippen molar-refractivity contribution in [3.05, 3.63) is 24.0 Å². The Kier molecular flexibility index (Phi) is 3.25. The van der Waals surface area contributed by atoms with Crippen molar-refractivity contribution in [2.24, 2.45) is 0 Å². The molecular formula is C10H15NO2. The van der Waals surface area contributed by atoms with Gasteiger partial charge in [0.25, 0.3) is 0 Å². The summed E-state index contributed by atoms with van der Waals surface area (Å²) in [5.41, 5.74) is 0.843. The molecular weight excluding hydrogens is 166 g/mol. The number of hydrogen-bond donors (Lipinski definition) is 1. The quantitative estimate of drug-likeness (QED) is 0.769. The number of aromatic nitrogens is 1. The Labute approximate surface area is 78.4 Å². The number of hydrogen-bond acceptors (Lipinski definition) is 3. The van der Waals surface area contributed by atoms with Crippen molar-refractivity contribution in [3.63, 3.8) is 0 Å². The highest BCUT2D eigenvalue weighted by Gasteiger charge is 2.11. The van der Waals surface area contributed by atoms with Crippen LogP contribution in [0.2, 0.25) is 0 Å². The highest BCUT2D eigenvalue weighted by Crippen LogP contribution is 2.16. The monoisotopic (exact) mass is 181 g/mol. The van der Waals surface area contributed by atoms with Gasteiger partial charge in [-0.15, -0.1) is 0 Å². The minimum absolute atomic E-state index is 0.206. The molecule has 0 radical (unpaired) electrons. The van der Waals surface area contributed by atoms with E-state index < -0.39 is 6.10 Å². The van der Waals surface area contributed by atoms with Crippen LogP contribution in [0, 0.1) is 6.92 Å². The van der Waals surface area contributed by atoms with Gasteiger partial charge in [0.1, 0.15) is 11.9 Å². The van der Waals surface area contributed by atoms with E-state index in [9.17, 15) is 5.11 Å². The van der Waals surface area contributed by atoms with Gasteiger partial charge in [0.15, 0.2) is 0 Å². The Bertz CT molecular complexity index is 273. The number of nitrogens with zero attached hydrogens (tertiary/aromatic N) is 1. The zero-order chi connectivity index (χ0) is 9.84. The van der Waals surface area contributed by atoms with Gasteiger partial charge in [0.05, 0.1) is 11.8 Å². The molecule has 0 bridgehead atoms. The summed E-state index contributed by atoms with van der Waals surface area (Å²) in [7, 11) is 0. The molecule has 0 aliphatic heterocycles. The van der Waals surface area contributed by atoms with Gasteiger partial charge in [-0.25, -0.2) is 0 Å². The molecule has 0 saturated carbocycles. The molecule has 2 unspecified atom stereocenters. The van der Waals surface area contributed by atoms with Crippen molar-refractivity contribution in [2.45, 2.75) is 33.0 Å². The minimum atomic E-state index is -0.473. The molecule has 1 heterocycles. The fourth-order valence-corrected chi connectivity index (χ4v) is 0.893. The zero-order valence-corrected chi connectivity index (χ0v) is 8.19. The molecule has 0 aliphatic carbocycles. The zero-order valence-electron chi connectivity index (χ0n) is 8.19. The summed E-state index contributed by atoms with van der Waals surface area (Å²) in [4.78, 5) is 4.08. The molecule has 3 nitrogen and oxygen atoms in total. The Morgan fingerprint density at radius 3 is 2.69 bits per heavy atom. The average Bonchev–Trinajstić information content (AvgIpc) is 2.08. The summed E-state index contributed by atoms with van der Waals surface area (Å²) < 4.78 is 5.49. The second-order valence-electron chi connectivity index (χ2n) is 3.15. The van der Waals surface area contributed by atoms with E-state index in [-0.39, 0.29) is 6.10 Å². The van der Waals surface area contributed by atoms with Crippen LogP contribution in [0.15, 0.2) is 18.3 Å². The van der Waals surface area contributed by atoms with Gasteiger partial charge in [0.2, 0.25) is 0 Å². The van der Waals surface area contributed by atoms with Crippen LogP contribution in [0.3, 0.4) is 0 Å². The van der Waals surface area contributed by atoms with Crippen molar-refractivity contribution in [1.82, 2.24) is 4.98 Å². The van der Waals surface area contributed by atoms with E-state index in [1.165, 1.54) is 0 Å². The summed E-state index contributed by atoms with van der Waals surface area (Å²) >= 11 is 0. The Balaban J connectivity index is 2.69. The normalized spacial score (nSPS) is 15.1. The van der Waals surface area contributed by atoms with Crippen LogP contribution < -0.4 is 4.74 Å². The van der Waals surface area contributed by atoms with Crippen LogP contribution in [0.4, 0.5) is 0 Å². The largest absolute Gasteiger partial charge is 0.486 e. The van der Waals surface area contributed by atoms with Gasteiger partial charge in [-0.05, 0) is 32.9 Å². The fourth-order valence-electron chi connectivity index (χ4n) is 0.893. The lowest BCUT2D eigenvalue weighted by Crippen LogP contribution is -2.25. The molecule has 0 spiro atoms. The topological polar surface area (TPSA) is 42.4 Å². The Morgan fingerprint density at radius 2 is 2.15 bits per heavy atom. The van der Waals surface area contributed by atoms with Crippen LogP contribution in [-0.4, -0.2) is 22.3 Å². The van der Waals surface area contributed by atoms with E-state index in [4.69, 9.17) is 4.74 Å². The summed E-state index contributed by atoms with van der Waals surface area (Å²) in [5, 5.41) is 9.23. The van der Waals surface area contributed by atoms with Crippen LogP contribution in [0.1, 0.15) is 19.5 Å². The molecule has 0 aliphatic rings.